The van der Waals surface area contributed by atoms with E-state index in [2.05, 4.69) is 0 Å². The van der Waals surface area contributed by atoms with Crippen LogP contribution in [0.3, 0.4) is 0 Å². The smallest absolute Gasteiger partial charge is 0.253 e. The topological polar surface area (TPSA) is 38.8 Å². The first-order valence-corrected chi connectivity index (χ1v) is 9.15. The Balaban J connectivity index is 1.54. The molecule has 2 heterocycles. The van der Waals surface area contributed by atoms with Crippen molar-refractivity contribution in [1.29, 1.82) is 0 Å². The van der Waals surface area contributed by atoms with Crippen molar-refractivity contribution in [3.05, 3.63) is 51.2 Å². The number of hydrogen-bond donors (Lipinski definition) is 0. The van der Waals surface area contributed by atoms with Crippen LogP contribution < -0.4 is 4.74 Å². The lowest BCUT2D eigenvalue weighted by Crippen LogP contribution is -2.25. The summed E-state index contributed by atoms with van der Waals surface area (Å²) in [5.41, 5.74) is 0.643. The molecule has 0 bridgehead atoms. The second kappa shape index (κ2) is 8.01. The van der Waals surface area contributed by atoms with E-state index >= 15 is 0 Å². The summed E-state index contributed by atoms with van der Waals surface area (Å²) in [6.07, 6.45) is 2.34. The van der Waals surface area contributed by atoms with E-state index < -0.39 is 0 Å². The molecule has 0 spiro atoms. The van der Waals surface area contributed by atoms with Crippen LogP contribution in [0.5, 0.6) is 5.75 Å². The number of amides is 1. The van der Waals surface area contributed by atoms with Gasteiger partial charge in [-0.15, -0.1) is 11.3 Å². The number of carbonyl (C=O) groups excluding carboxylic acids is 1. The minimum absolute atomic E-state index is 0.0230. The van der Waals surface area contributed by atoms with Gasteiger partial charge in [-0.25, -0.2) is 0 Å². The van der Waals surface area contributed by atoms with Crippen LogP contribution in [0, 0.1) is 0 Å². The number of rotatable bonds is 6. The summed E-state index contributed by atoms with van der Waals surface area (Å²) < 4.78 is 12.0. The second-order valence-corrected chi connectivity index (χ2v) is 7.64. The highest BCUT2D eigenvalue weighted by atomic mass is 35.5. The molecule has 0 aliphatic carbocycles. The van der Waals surface area contributed by atoms with Crippen LogP contribution in [0.4, 0.5) is 0 Å². The molecule has 6 heteroatoms. The van der Waals surface area contributed by atoms with Crippen LogP contribution in [-0.4, -0.2) is 37.2 Å². The maximum Gasteiger partial charge on any atom is 0.253 e. The molecule has 24 heavy (non-hydrogen) atoms. The van der Waals surface area contributed by atoms with Crippen molar-refractivity contribution in [3.63, 3.8) is 0 Å². The van der Waals surface area contributed by atoms with Gasteiger partial charge in [-0.2, -0.15) is 0 Å². The number of hydrogen-bond acceptors (Lipinski definition) is 4. The maximum atomic E-state index is 12.5. The standard InChI is InChI=1S/C18H20ClNO3S/c1-20(11-16-8-9-17(19)24-16)18(21)13-4-6-14(7-5-13)23-12-15-3-2-10-22-15/h4-9,15H,2-3,10-12H2,1H3. The second-order valence-electron chi connectivity index (χ2n) is 5.84. The van der Waals surface area contributed by atoms with E-state index in [1.165, 1.54) is 11.3 Å². The van der Waals surface area contributed by atoms with Crippen molar-refractivity contribution in [2.45, 2.75) is 25.5 Å². The van der Waals surface area contributed by atoms with E-state index in [1.54, 1.807) is 24.1 Å². The molecule has 1 aromatic carbocycles. The lowest BCUT2D eigenvalue weighted by atomic mass is 10.2. The summed E-state index contributed by atoms with van der Waals surface area (Å²) in [4.78, 5) is 15.2. The minimum atomic E-state index is -0.0230. The lowest BCUT2D eigenvalue weighted by molar-refractivity contribution is 0.0679. The molecule has 1 fully saturated rings. The van der Waals surface area contributed by atoms with Gasteiger partial charge in [-0.3, -0.25) is 4.79 Å². The summed E-state index contributed by atoms with van der Waals surface area (Å²) >= 11 is 7.42. The zero-order valence-electron chi connectivity index (χ0n) is 13.5. The molecule has 0 N–H and O–H groups in total. The number of carbonyl (C=O) groups is 1. The number of ether oxygens (including phenoxy) is 2. The number of nitrogens with zero attached hydrogens (tertiary/aromatic N) is 1. The van der Waals surface area contributed by atoms with E-state index in [0.717, 1.165) is 34.4 Å². The Morgan fingerprint density at radius 1 is 1.33 bits per heavy atom. The average Bonchev–Trinajstić information content (AvgIpc) is 3.24. The highest BCUT2D eigenvalue weighted by Crippen LogP contribution is 2.23. The Morgan fingerprint density at radius 2 is 2.12 bits per heavy atom. The van der Waals surface area contributed by atoms with E-state index in [1.807, 2.05) is 24.3 Å². The first-order valence-electron chi connectivity index (χ1n) is 7.96. The summed E-state index contributed by atoms with van der Waals surface area (Å²) in [5, 5.41) is 0. The SMILES string of the molecule is CN(Cc1ccc(Cl)s1)C(=O)c1ccc(OCC2CCCO2)cc1. The summed E-state index contributed by atoms with van der Waals surface area (Å²) in [7, 11) is 1.79. The van der Waals surface area contributed by atoms with Gasteiger partial charge in [0.1, 0.15) is 12.4 Å². The summed E-state index contributed by atoms with van der Waals surface area (Å²) in [5.74, 6) is 0.736. The number of benzene rings is 1. The Hall–Kier alpha value is -1.56. The molecule has 0 saturated carbocycles. The van der Waals surface area contributed by atoms with Gasteiger partial charge in [-0.1, -0.05) is 11.6 Å². The molecule has 1 saturated heterocycles. The van der Waals surface area contributed by atoms with E-state index in [0.29, 0.717) is 18.7 Å². The fourth-order valence-corrected chi connectivity index (χ4v) is 3.76. The van der Waals surface area contributed by atoms with Crippen LogP contribution in [0.25, 0.3) is 0 Å². The van der Waals surface area contributed by atoms with Crippen molar-refractivity contribution in [2.75, 3.05) is 20.3 Å². The molecule has 1 atom stereocenters. The fraction of sp³-hybridized carbons (Fsp3) is 0.389. The van der Waals surface area contributed by atoms with Gasteiger partial charge < -0.3 is 14.4 Å². The molecule has 1 aromatic heterocycles. The van der Waals surface area contributed by atoms with Gasteiger partial charge in [0.05, 0.1) is 17.0 Å². The van der Waals surface area contributed by atoms with Gasteiger partial charge in [0.15, 0.2) is 0 Å². The molecule has 1 unspecified atom stereocenters. The minimum Gasteiger partial charge on any atom is -0.491 e. The van der Waals surface area contributed by atoms with E-state index in [9.17, 15) is 4.79 Å². The van der Waals surface area contributed by atoms with Gasteiger partial charge >= 0.3 is 0 Å². The summed E-state index contributed by atoms with van der Waals surface area (Å²) in [6, 6.07) is 11.0. The largest absolute Gasteiger partial charge is 0.491 e. The molecular weight excluding hydrogens is 346 g/mol. The molecule has 1 aliphatic heterocycles. The molecule has 1 amide bonds. The Bertz CT molecular complexity index is 680. The maximum absolute atomic E-state index is 12.5. The fourth-order valence-electron chi connectivity index (χ4n) is 2.62. The van der Waals surface area contributed by atoms with Crippen LogP contribution in [0.1, 0.15) is 28.1 Å². The molecule has 2 aromatic rings. The number of thiophene rings is 1. The first-order chi connectivity index (χ1) is 11.6. The number of halogens is 1. The highest BCUT2D eigenvalue weighted by Gasteiger charge is 2.16. The van der Waals surface area contributed by atoms with Gasteiger partial charge in [0.2, 0.25) is 0 Å². The van der Waals surface area contributed by atoms with Crippen LogP contribution >= 0.6 is 22.9 Å². The molecule has 3 rings (SSSR count). The van der Waals surface area contributed by atoms with Gasteiger partial charge in [-0.05, 0) is 49.2 Å². The van der Waals surface area contributed by atoms with E-state index in [4.69, 9.17) is 21.1 Å². The molecule has 0 radical (unpaired) electrons. The quantitative estimate of drug-likeness (QED) is 0.768. The Morgan fingerprint density at radius 3 is 2.75 bits per heavy atom. The van der Waals surface area contributed by atoms with Crippen LogP contribution in [0.15, 0.2) is 36.4 Å². The van der Waals surface area contributed by atoms with Crippen molar-refractivity contribution in [2.24, 2.45) is 0 Å². The Labute approximate surface area is 150 Å². The first kappa shape index (κ1) is 17.3. The zero-order chi connectivity index (χ0) is 16.9. The molecule has 4 nitrogen and oxygen atoms in total. The van der Waals surface area contributed by atoms with Gasteiger partial charge in [0, 0.05) is 24.1 Å². The predicted octanol–water partition coefficient (Wildman–Crippen LogP) is 4.23. The average molecular weight is 366 g/mol. The molecule has 128 valence electrons. The lowest BCUT2D eigenvalue weighted by Gasteiger charge is -2.17. The molecular formula is C18H20ClNO3S. The normalized spacial score (nSPS) is 17.0. The van der Waals surface area contributed by atoms with Crippen molar-refractivity contribution >= 4 is 28.8 Å². The molecule has 1 aliphatic rings. The van der Waals surface area contributed by atoms with Crippen LogP contribution in [-0.2, 0) is 11.3 Å². The van der Waals surface area contributed by atoms with Crippen molar-refractivity contribution in [3.8, 4) is 5.75 Å². The third-order valence-electron chi connectivity index (χ3n) is 3.93. The zero-order valence-corrected chi connectivity index (χ0v) is 15.1. The van der Waals surface area contributed by atoms with Crippen molar-refractivity contribution in [1.82, 2.24) is 4.90 Å². The predicted molar refractivity (Wildman–Crippen MR) is 96.0 cm³/mol. The Kier molecular flexibility index (Phi) is 5.76. The highest BCUT2D eigenvalue weighted by molar-refractivity contribution is 7.16. The third-order valence-corrected chi connectivity index (χ3v) is 5.15. The van der Waals surface area contributed by atoms with Crippen molar-refractivity contribution < 1.29 is 14.3 Å². The van der Waals surface area contributed by atoms with Gasteiger partial charge in [0.25, 0.3) is 5.91 Å². The summed E-state index contributed by atoms with van der Waals surface area (Å²) in [6.45, 7) is 1.93. The van der Waals surface area contributed by atoms with E-state index in [-0.39, 0.29) is 12.0 Å². The monoisotopic (exact) mass is 365 g/mol. The van der Waals surface area contributed by atoms with Crippen LogP contribution in [0.2, 0.25) is 4.34 Å². The third kappa shape index (κ3) is 4.50.